The van der Waals surface area contributed by atoms with Crippen LogP contribution in [0.1, 0.15) is 5.56 Å². The van der Waals surface area contributed by atoms with Gasteiger partial charge in [-0.1, -0.05) is 15.9 Å². The molecule has 1 unspecified atom stereocenters. The minimum Gasteiger partial charge on any atom is -0.480 e. The van der Waals surface area contributed by atoms with Crippen molar-refractivity contribution in [2.45, 2.75) is 13.0 Å². The number of carboxylic acids is 1. The van der Waals surface area contributed by atoms with Crippen molar-refractivity contribution in [2.75, 3.05) is 24.5 Å². The minimum absolute atomic E-state index is 0.479. The molecule has 0 spiro atoms. The van der Waals surface area contributed by atoms with Crippen LogP contribution in [-0.4, -0.2) is 36.8 Å². The molecule has 2 rings (SSSR count). The number of rotatable bonds is 2. The number of aryl methyl sites for hydroxylation is 1. The molecule has 1 fully saturated rings. The van der Waals surface area contributed by atoms with E-state index in [4.69, 9.17) is 5.11 Å². The van der Waals surface area contributed by atoms with Gasteiger partial charge in [0.05, 0.1) is 0 Å². The van der Waals surface area contributed by atoms with E-state index < -0.39 is 12.0 Å². The van der Waals surface area contributed by atoms with Crippen LogP contribution in [-0.2, 0) is 4.79 Å². The zero-order valence-corrected chi connectivity index (χ0v) is 11.2. The molecule has 1 saturated heterocycles. The topological polar surface area (TPSA) is 52.6 Å². The number of piperazine rings is 1. The van der Waals surface area contributed by atoms with Crippen molar-refractivity contribution in [2.24, 2.45) is 0 Å². The van der Waals surface area contributed by atoms with Crippen molar-refractivity contribution in [3.05, 3.63) is 28.2 Å². The third-order valence-electron chi connectivity index (χ3n) is 2.98. The van der Waals surface area contributed by atoms with E-state index in [0.717, 1.165) is 22.3 Å². The zero-order chi connectivity index (χ0) is 12.4. The number of halogens is 1. The van der Waals surface area contributed by atoms with Crippen molar-refractivity contribution in [3.8, 4) is 0 Å². The second kappa shape index (κ2) is 5.06. The van der Waals surface area contributed by atoms with E-state index in [9.17, 15) is 4.79 Å². The van der Waals surface area contributed by atoms with E-state index in [2.05, 4.69) is 32.2 Å². The highest BCUT2D eigenvalue weighted by atomic mass is 79.9. The number of carbonyl (C=O) groups is 1. The fraction of sp³-hybridized carbons (Fsp3) is 0.417. The Kier molecular flexibility index (Phi) is 3.69. The molecule has 1 heterocycles. The largest absolute Gasteiger partial charge is 0.480 e. The average molecular weight is 299 g/mol. The Morgan fingerprint density at radius 3 is 3.00 bits per heavy atom. The molecular weight excluding hydrogens is 284 g/mol. The SMILES string of the molecule is Cc1cc(N2CCNC(C(=O)O)C2)ccc1Br. The van der Waals surface area contributed by atoms with E-state index in [1.165, 1.54) is 0 Å². The maximum absolute atomic E-state index is 11.0. The summed E-state index contributed by atoms with van der Waals surface area (Å²) >= 11 is 3.46. The van der Waals surface area contributed by atoms with Gasteiger partial charge in [-0.25, -0.2) is 0 Å². The van der Waals surface area contributed by atoms with Crippen LogP contribution >= 0.6 is 15.9 Å². The Bertz CT molecular complexity index is 437. The quantitative estimate of drug-likeness (QED) is 0.871. The van der Waals surface area contributed by atoms with Gasteiger partial charge in [0.1, 0.15) is 6.04 Å². The first-order valence-corrected chi connectivity index (χ1v) is 6.34. The third kappa shape index (κ3) is 2.79. The fourth-order valence-corrected chi connectivity index (χ4v) is 2.22. The summed E-state index contributed by atoms with van der Waals surface area (Å²) in [5, 5.41) is 12.0. The first kappa shape index (κ1) is 12.4. The van der Waals surface area contributed by atoms with Gasteiger partial charge in [0.2, 0.25) is 0 Å². The van der Waals surface area contributed by atoms with E-state index in [-0.39, 0.29) is 0 Å². The Morgan fingerprint density at radius 1 is 1.59 bits per heavy atom. The summed E-state index contributed by atoms with van der Waals surface area (Å²) in [4.78, 5) is 13.1. The summed E-state index contributed by atoms with van der Waals surface area (Å²) < 4.78 is 1.08. The molecule has 0 saturated carbocycles. The number of hydrogen-bond acceptors (Lipinski definition) is 3. The first-order valence-electron chi connectivity index (χ1n) is 5.55. The van der Waals surface area contributed by atoms with E-state index in [1.54, 1.807) is 0 Å². The monoisotopic (exact) mass is 298 g/mol. The third-order valence-corrected chi connectivity index (χ3v) is 3.87. The molecule has 1 atom stereocenters. The second-order valence-corrected chi connectivity index (χ2v) is 5.08. The zero-order valence-electron chi connectivity index (χ0n) is 9.61. The number of carboxylic acid groups (broad SMARTS) is 1. The van der Waals surface area contributed by atoms with Gasteiger partial charge in [0.25, 0.3) is 0 Å². The van der Waals surface area contributed by atoms with E-state index >= 15 is 0 Å². The van der Waals surface area contributed by atoms with Crippen LogP contribution in [0.25, 0.3) is 0 Å². The molecule has 0 aromatic heterocycles. The molecule has 0 radical (unpaired) electrons. The van der Waals surface area contributed by atoms with Gasteiger partial charge in [-0.3, -0.25) is 4.79 Å². The van der Waals surface area contributed by atoms with E-state index in [1.807, 2.05) is 19.1 Å². The molecule has 0 amide bonds. The summed E-state index contributed by atoms with van der Waals surface area (Å²) in [5.74, 6) is -0.788. The Labute approximate surface area is 109 Å². The highest BCUT2D eigenvalue weighted by molar-refractivity contribution is 9.10. The second-order valence-electron chi connectivity index (χ2n) is 4.22. The number of aliphatic carboxylic acids is 1. The molecule has 1 aliphatic rings. The maximum Gasteiger partial charge on any atom is 0.322 e. The van der Waals surface area contributed by atoms with Crippen LogP contribution in [0.3, 0.4) is 0 Å². The fourth-order valence-electron chi connectivity index (χ4n) is 1.98. The molecule has 17 heavy (non-hydrogen) atoms. The molecule has 1 aromatic carbocycles. The van der Waals surface area contributed by atoms with Gasteiger partial charge < -0.3 is 15.3 Å². The van der Waals surface area contributed by atoms with Gasteiger partial charge in [0, 0.05) is 29.8 Å². The lowest BCUT2D eigenvalue weighted by molar-refractivity contribution is -0.139. The number of hydrogen-bond donors (Lipinski definition) is 2. The molecule has 92 valence electrons. The molecule has 1 aliphatic heterocycles. The smallest absolute Gasteiger partial charge is 0.322 e. The van der Waals surface area contributed by atoms with Crippen molar-refractivity contribution in [1.82, 2.24) is 5.32 Å². The number of nitrogens with one attached hydrogen (secondary N) is 1. The van der Waals surface area contributed by atoms with Crippen molar-refractivity contribution < 1.29 is 9.90 Å². The van der Waals surface area contributed by atoms with Gasteiger partial charge in [-0.05, 0) is 30.7 Å². The maximum atomic E-state index is 11.0. The minimum atomic E-state index is -0.788. The summed E-state index contributed by atoms with van der Waals surface area (Å²) in [6.45, 7) is 4.08. The Balaban J connectivity index is 2.16. The first-order chi connectivity index (χ1) is 8.08. The molecule has 0 aliphatic carbocycles. The van der Waals surface area contributed by atoms with E-state index in [0.29, 0.717) is 13.1 Å². The van der Waals surface area contributed by atoms with Gasteiger partial charge in [0.15, 0.2) is 0 Å². The van der Waals surface area contributed by atoms with Crippen LogP contribution in [0.5, 0.6) is 0 Å². The molecule has 5 heteroatoms. The van der Waals surface area contributed by atoms with Crippen LogP contribution < -0.4 is 10.2 Å². The lowest BCUT2D eigenvalue weighted by Crippen LogP contribution is -2.54. The molecule has 2 N–H and O–H groups in total. The molecule has 4 nitrogen and oxygen atoms in total. The average Bonchev–Trinajstić information content (AvgIpc) is 2.33. The predicted molar refractivity (Wildman–Crippen MR) is 70.5 cm³/mol. The standard InChI is InChI=1S/C12H15BrN2O2/c1-8-6-9(2-3-10(8)13)15-5-4-14-11(7-15)12(16)17/h2-3,6,11,14H,4-5,7H2,1H3,(H,16,17). The summed E-state index contributed by atoms with van der Waals surface area (Å²) in [6, 6.07) is 5.62. The number of nitrogens with zero attached hydrogens (tertiary/aromatic N) is 1. The Hall–Kier alpha value is -1.07. The van der Waals surface area contributed by atoms with Crippen LogP contribution in [0.15, 0.2) is 22.7 Å². The predicted octanol–water partition coefficient (Wildman–Crippen LogP) is 1.62. The molecular formula is C12H15BrN2O2. The van der Waals surface area contributed by atoms with Crippen molar-refractivity contribution in [3.63, 3.8) is 0 Å². The van der Waals surface area contributed by atoms with Gasteiger partial charge in [-0.15, -0.1) is 0 Å². The van der Waals surface area contributed by atoms with Gasteiger partial charge >= 0.3 is 5.97 Å². The van der Waals surface area contributed by atoms with Crippen LogP contribution in [0.4, 0.5) is 5.69 Å². The number of benzene rings is 1. The number of anilines is 1. The van der Waals surface area contributed by atoms with Crippen LogP contribution in [0.2, 0.25) is 0 Å². The highest BCUT2D eigenvalue weighted by Crippen LogP contribution is 2.23. The lowest BCUT2D eigenvalue weighted by Gasteiger charge is -2.33. The van der Waals surface area contributed by atoms with Crippen molar-refractivity contribution >= 4 is 27.6 Å². The van der Waals surface area contributed by atoms with Crippen molar-refractivity contribution in [1.29, 1.82) is 0 Å². The highest BCUT2D eigenvalue weighted by Gasteiger charge is 2.24. The van der Waals surface area contributed by atoms with Crippen LogP contribution in [0, 0.1) is 6.92 Å². The summed E-state index contributed by atoms with van der Waals surface area (Å²) in [7, 11) is 0. The Morgan fingerprint density at radius 2 is 2.35 bits per heavy atom. The molecule has 0 bridgehead atoms. The molecule has 1 aromatic rings. The normalized spacial score (nSPS) is 20.4. The summed E-state index contributed by atoms with van der Waals surface area (Å²) in [5.41, 5.74) is 2.24. The summed E-state index contributed by atoms with van der Waals surface area (Å²) in [6.07, 6.45) is 0. The van der Waals surface area contributed by atoms with Gasteiger partial charge in [-0.2, -0.15) is 0 Å². The lowest BCUT2D eigenvalue weighted by atomic mass is 10.1.